The summed E-state index contributed by atoms with van der Waals surface area (Å²) in [5, 5.41) is 8.89. The van der Waals surface area contributed by atoms with Crippen molar-refractivity contribution in [2.45, 2.75) is 58.3 Å². The molecule has 0 aliphatic rings. The summed E-state index contributed by atoms with van der Waals surface area (Å²) in [7, 11) is 3.11. The molecule has 0 aromatic heterocycles. The van der Waals surface area contributed by atoms with E-state index >= 15 is 0 Å². The lowest BCUT2D eigenvalue weighted by atomic mass is 10.1. The first-order valence-corrected chi connectivity index (χ1v) is 6.21. The van der Waals surface area contributed by atoms with E-state index in [-0.39, 0.29) is 0 Å². The van der Waals surface area contributed by atoms with Crippen LogP contribution < -0.4 is 5.73 Å². The van der Waals surface area contributed by atoms with Gasteiger partial charge in [-0.1, -0.05) is 51.9 Å². The highest BCUT2D eigenvalue weighted by Crippen LogP contribution is 2.07. The second-order valence-electron chi connectivity index (χ2n) is 4.11. The van der Waals surface area contributed by atoms with Crippen LogP contribution in [0.1, 0.15) is 58.3 Å². The number of hydrogen-bond acceptors (Lipinski definition) is 3. The first kappa shape index (κ1) is 17.3. The van der Waals surface area contributed by atoms with Crippen molar-refractivity contribution in [3.8, 4) is 0 Å². The fraction of sp³-hybridized carbons (Fsp3) is 1.00. The van der Waals surface area contributed by atoms with Gasteiger partial charge >= 0.3 is 0 Å². The average molecular weight is 218 g/mol. The van der Waals surface area contributed by atoms with Crippen LogP contribution in [0, 0.1) is 0 Å². The van der Waals surface area contributed by atoms with Crippen molar-refractivity contribution in [2.24, 2.45) is 5.73 Å². The molecule has 0 saturated heterocycles. The summed E-state index contributed by atoms with van der Waals surface area (Å²) in [6.45, 7) is 3.13. The first-order valence-electron chi connectivity index (χ1n) is 6.21. The molecule has 0 atom stereocenters. The van der Waals surface area contributed by atoms with Crippen molar-refractivity contribution in [1.82, 2.24) is 5.06 Å². The lowest BCUT2D eigenvalue weighted by molar-refractivity contribution is -0.0372. The topological polar surface area (TPSA) is 49.5 Å². The van der Waals surface area contributed by atoms with E-state index in [4.69, 9.17) is 10.9 Å². The monoisotopic (exact) mass is 218 g/mol. The summed E-state index contributed by atoms with van der Waals surface area (Å²) < 4.78 is 0. The van der Waals surface area contributed by atoms with Gasteiger partial charge in [0, 0.05) is 14.1 Å². The van der Waals surface area contributed by atoms with Gasteiger partial charge in [0.15, 0.2) is 0 Å². The minimum Gasteiger partial charge on any atom is -0.330 e. The van der Waals surface area contributed by atoms with Crippen LogP contribution in [-0.2, 0) is 0 Å². The lowest BCUT2D eigenvalue weighted by Crippen LogP contribution is -2.01. The van der Waals surface area contributed by atoms with E-state index in [0.717, 1.165) is 11.6 Å². The number of hydrogen-bond donors (Lipinski definition) is 2. The lowest BCUT2D eigenvalue weighted by Gasteiger charge is -1.99. The highest BCUT2D eigenvalue weighted by molar-refractivity contribution is 4.45. The number of rotatable bonds is 8. The molecule has 0 radical (unpaired) electrons. The Kier molecular flexibility index (Phi) is 18.8. The molecule has 0 aromatic rings. The molecule has 0 aliphatic carbocycles. The summed E-state index contributed by atoms with van der Waals surface area (Å²) in [5.41, 5.74) is 5.39. The van der Waals surface area contributed by atoms with E-state index in [9.17, 15) is 0 Å². The normalized spacial score (nSPS) is 10.0. The maximum atomic E-state index is 7.89. The van der Waals surface area contributed by atoms with Gasteiger partial charge in [-0.25, -0.2) is 0 Å². The molecule has 15 heavy (non-hydrogen) atoms. The Morgan fingerprint density at radius 2 is 1.20 bits per heavy atom. The maximum Gasteiger partial charge on any atom is 0.0121 e. The molecule has 0 fully saturated rings. The standard InChI is InChI=1S/C10H23N.C2H7NO/c1-2-3-4-5-6-7-8-9-10-11;1-3(2)4/h2-11H2,1H3;4H,1-2H3. The zero-order valence-corrected chi connectivity index (χ0v) is 10.8. The Labute approximate surface area is 95.6 Å². The van der Waals surface area contributed by atoms with E-state index in [0.29, 0.717) is 0 Å². The summed E-state index contributed by atoms with van der Waals surface area (Å²) in [5.74, 6) is 0. The van der Waals surface area contributed by atoms with Crippen molar-refractivity contribution in [1.29, 1.82) is 0 Å². The van der Waals surface area contributed by atoms with Gasteiger partial charge in [-0.05, 0) is 13.0 Å². The Morgan fingerprint density at radius 3 is 1.53 bits per heavy atom. The van der Waals surface area contributed by atoms with Crippen LogP contribution in [0.4, 0.5) is 0 Å². The molecular weight excluding hydrogens is 188 g/mol. The molecular formula is C12H30N2O. The quantitative estimate of drug-likeness (QED) is 0.486. The predicted octanol–water partition coefficient (Wildman–Crippen LogP) is 3.02. The molecule has 3 N–H and O–H groups in total. The molecule has 0 rings (SSSR count). The van der Waals surface area contributed by atoms with Gasteiger partial charge in [-0.15, -0.1) is 0 Å². The summed E-state index contributed by atoms with van der Waals surface area (Å²) in [6.07, 6.45) is 11.0. The van der Waals surface area contributed by atoms with Crippen LogP contribution in [0.2, 0.25) is 0 Å². The molecule has 3 nitrogen and oxygen atoms in total. The molecule has 0 saturated carbocycles. The molecule has 0 aromatic carbocycles. The molecule has 0 aliphatic heterocycles. The van der Waals surface area contributed by atoms with Gasteiger partial charge in [-0.2, -0.15) is 5.06 Å². The minimum absolute atomic E-state index is 0.870. The SMILES string of the molecule is CCCCCCCCCCN.CN(C)O. The number of unbranched alkanes of at least 4 members (excludes halogenated alkanes) is 7. The van der Waals surface area contributed by atoms with Gasteiger partial charge < -0.3 is 10.9 Å². The first-order chi connectivity index (χ1) is 7.15. The third-order valence-corrected chi connectivity index (χ3v) is 2.06. The van der Waals surface area contributed by atoms with E-state index in [1.165, 1.54) is 51.4 Å². The van der Waals surface area contributed by atoms with Crippen LogP contribution in [-0.4, -0.2) is 30.9 Å². The number of nitrogens with two attached hydrogens (primary N) is 1. The van der Waals surface area contributed by atoms with E-state index in [2.05, 4.69) is 6.92 Å². The highest BCUT2D eigenvalue weighted by atomic mass is 16.5. The summed E-state index contributed by atoms with van der Waals surface area (Å²) in [6, 6.07) is 0. The van der Waals surface area contributed by atoms with Crippen LogP contribution in [0.25, 0.3) is 0 Å². The Balaban J connectivity index is 0. The average Bonchev–Trinajstić information content (AvgIpc) is 2.16. The molecule has 94 valence electrons. The second kappa shape index (κ2) is 16.3. The molecule has 0 amide bonds. The molecule has 0 unspecified atom stereocenters. The van der Waals surface area contributed by atoms with E-state index in [1.54, 1.807) is 14.1 Å². The predicted molar refractivity (Wildman–Crippen MR) is 67.1 cm³/mol. The van der Waals surface area contributed by atoms with Crippen molar-refractivity contribution in [3.63, 3.8) is 0 Å². The zero-order chi connectivity index (χ0) is 11.9. The molecule has 0 heterocycles. The Morgan fingerprint density at radius 1 is 0.867 bits per heavy atom. The van der Waals surface area contributed by atoms with Gasteiger partial charge in [0.2, 0.25) is 0 Å². The Bertz CT molecular complexity index is 86.9. The van der Waals surface area contributed by atoms with Gasteiger partial charge in [-0.3, -0.25) is 0 Å². The maximum absolute atomic E-state index is 7.89. The van der Waals surface area contributed by atoms with Crippen LogP contribution in [0.5, 0.6) is 0 Å². The number of nitrogens with zero attached hydrogens (tertiary/aromatic N) is 1. The van der Waals surface area contributed by atoms with Crippen molar-refractivity contribution in [3.05, 3.63) is 0 Å². The smallest absolute Gasteiger partial charge is 0.0121 e. The van der Waals surface area contributed by atoms with Crippen molar-refractivity contribution in [2.75, 3.05) is 20.6 Å². The molecule has 3 heteroatoms. The summed E-state index contributed by atoms with van der Waals surface area (Å²) >= 11 is 0. The van der Waals surface area contributed by atoms with Crippen molar-refractivity contribution < 1.29 is 5.21 Å². The van der Waals surface area contributed by atoms with E-state index in [1.807, 2.05) is 0 Å². The third-order valence-electron chi connectivity index (χ3n) is 2.06. The van der Waals surface area contributed by atoms with Crippen LogP contribution in [0.15, 0.2) is 0 Å². The Hall–Kier alpha value is -0.120. The minimum atomic E-state index is 0.870. The van der Waals surface area contributed by atoms with Crippen LogP contribution >= 0.6 is 0 Å². The second-order valence-corrected chi connectivity index (χ2v) is 4.11. The molecule has 0 spiro atoms. The zero-order valence-electron chi connectivity index (χ0n) is 10.8. The van der Waals surface area contributed by atoms with Gasteiger partial charge in [0.05, 0.1) is 0 Å². The largest absolute Gasteiger partial charge is 0.330 e. The number of hydroxylamine groups is 2. The van der Waals surface area contributed by atoms with Crippen LogP contribution in [0.3, 0.4) is 0 Å². The van der Waals surface area contributed by atoms with Gasteiger partial charge in [0.25, 0.3) is 0 Å². The summed E-state index contributed by atoms with van der Waals surface area (Å²) in [4.78, 5) is 0. The highest BCUT2D eigenvalue weighted by Gasteiger charge is 1.89. The fourth-order valence-corrected chi connectivity index (χ4v) is 1.28. The van der Waals surface area contributed by atoms with E-state index < -0.39 is 0 Å². The fourth-order valence-electron chi connectivity index (χ4n) is 1.28. The van der Waals surface area contributed by atoms with Crippen molar-refractivity contribution >= 4 is 0 Å². The molecule has 0 bridgehead atoms. The van der Waals surface area contributed by atoms with Gasteiger partial charge in [0.1, 0.15) is 0 Å². The third kappa shape index (κ3) is 31.5.